The highest BCUT2D eigenvalue weighted by atomic mass is 127. The van der Waals surface area contributed by atoms with Gasteiger partial charge in [0, 0.05) is 3.57 Å². The molecule has 0 aliphatic rings. The van der Waals surface area contributed by atoms with Gasteiger partial charge in [-0.2, -0.15) is 0 Å². The van der Waals surface area contributed by atoms with Gasteiger partial charge >= 0.3 is 0 Å². The number of hydrogen-bond donors (Lipinski definition) is 1. The lowest BCUT2D eigenvalue weighted by atomic mass is 10.3. The molecule has 0 aliphatic carbocycles. The van der Waals surface area contributed by atoms with Crippen molar-refractivity contribution in [2.75, 3.05) is 5.32 Å². The SMILES string of the molecule is O=C(Nc1ccccc1I)C(Br)(Br)Br. The van der Waals surface area contributed by atoms with Crippen molar-refractivity contribution in [3.05, 3.63) is 27.8 Å². The quantitative estimate of drug-likeness (QED) is 0.460. The standard InChI is InChI=1S/C8H5Br3INO/c9-8(10,11)7(14)13-6-4-2-1-3-5(6)12/h1-4H,(H,13,14). The van der Waals surface area contributed by atoms with E-state index in [1.54, 1.807) is 0 Å². The summed E-state index contributed by atoms with van der Waals surface area (Å²) in [5, 5.41) is 2.76. The first-order valence-corrected chi connectivity index (χ1v) is 7.00. The zero-order valence-corrected chi connectivity index (χ0v) is 13.6. The number of benzene rings is 1. The average molecular weight is 498 g/mol. The molecule has 2 nitrogen and oxygen atoms in total. The molecule has 0 radical (unpaired) electrons. The van der Waals surface area contributed by atoms with Crippen LogP contribution in [0.2, 0.25) is 0 Å². The fraction of sp³-hybridized carbons (Fsp3) is 0.125. The van der Waals surface area contributed by atoms with Gasteiger partial charge in [-0.1, -0.05) is 12.1 Å². The highest BCUT2D eigenvalue weighted by molar-refractivity contribution is 14.1. The fourth-order valence-corrected chi connectivity index (χ4v) is 1.58. The van der Waals surface area contributed by atoms with Gasteiger partial charge in [-0.25, -0.2) is 0 Å². The van der Waals surface area contributed by atoms with Crippen molar-refractivity contribution in [2.45, 2.75) is 2.14 Å². The molecule has 1 rings (SSSR count). The van der Waals surface area contributed by atoms with E-state index in [9.17, 15) is 4.79 Å². The predicted octanol–water partition coefficient (Wildman–Crippen LogP) is 4.07. The van der Waals surface area contributed by atoms with Crippen LogP contribution < -0.4 is 5.32 Å². The largest absolute Gasteiger partial charge is 0.322 e. The van der Waals surface area contributed by atoms with Crippen molar-refractivity contribution >= 4 is 82.0 Å². The maximum Gasteiger partial charge on any atom is 0.263 e. The van der Waals surface area contributed by atoms with E-state index < -0.39 is 2.14 Å². The maximum atomic E-state index is 11.5. The summed E-state index contributed by atoms with van der Waals surface area (Å²) < 4.78 is 0.0848. The highest BCUT2D eigenvalue weighted by Gasteiger charge is 2.28. The lowest BCUT2D eigenvalue weighted by Crippen LogP contribution is -2.25. The number of amides is 1. The summed E-state index contributed by atoms with van der Waals surface area (Å²) in [5.74, 6) is -0.207. The predicted molar refractivity (Wildman–Crippen MR) is 77.3 cm³/mol. The van der Waals surface area contributed by atoms with Gasteiger partial charge in [0.15, 0.2) is 0 Å². The first kappa shape index (κ1) is 12.9. The number of rotatable bonds is 1. The Labute approximate surface area is 121 Å². The molecule has 6 heteroatoms. The summed E-state index contributed by atoms with van der Waals surface area (Å²) in [7, 11) is 0. The number of alkyl halides is 3. The van der Waals surface area contributed by atoms with Crippen molar-refractivity contribution in [1.29, 1.82) is 0 Å². The molecular weight excluding hydrogens is 493 g/mol. The Morgan fingerprint density at radius 1 is 1.29 bits per heavy atom. The molecule has 1 aromatic carbocycles. The minimum Gasteiger partial charge on any atom is -0.322 e. The Morgan fingerprint density at radius 2 is 1.86 bits per heavy atom. The van der Waals surface area contributed by atoms with Crippen LogP contribution in [0.1, 0.15) is 0 Å². The molecule has 1 N–H and O–H groups in total. The van der Waals surface area contributed by atoms with Gasteiger partial charge in [-0.05, 0) is 82.5 Å². The van der Waals surface area contributed by atoms with Crippen molar-refractivity contribution in [2.24, 2.45) is 0 Å². The second kappa shape index (κ2) is 5.27. The Kier molecular flexibility index (Phi) is 4.86. The van der Waals surface area contributed by atoms with Crippen LogP contribution in [0.3, 0.4) is 0 Å². The molecule has 0 aliphatic heterocycles. The first-order chi connectivity index (χ1) is 6.41. The third kappa shape index (κ3) is 3.79. The third-order valence-electron chi connectivity index (χ3n) is 1.38. The van der Waals surface area contributed by atoms with E-state index in [0.29, 0.717) is 0 Å². The summed E-state index contributed by atoms with van der Waals surface area (Å²) in [6.45, 7) is 0. The number of carbonyl (C=O) groups excluding carboxylic acids is 1. The van der Waals surface area contributed by atoms with Crippen LogP contribution in [0.5, 0.6) is 0 Å². The lowest BCUT2D eigenvalue weighted by Gasteiger charge is -2.13. The minimum atomic E-state index is -0.911. The molecule has 0 spiro atoms. The normalized spacial score (nSPS) is 11.1. The molecule has 1 amide bonds. The summed E-state index contributed by atoms with van der Waals surface area (Å²) in [5.41, 5.74) is 0.792. The zero-order valence-electron chi connectivity index (χ0n) is 6.73. The van der Waals surface area contributed by atoms with Crippen LogP contribution in [0.15, 0.2) is 24.3 Å². The van der Waals surface area contributed by atoms with E-state index in [1.807, 2.05) is 24.3 Å². The van der Waals surface area contributed by atoms with Crippen LogP contribution in [-0.2, 0) is 4.79 Å². The van der Waals surface area contributed by atoms with Crippen molar-refractivity contribution < 1.29 is 4.79 Å². The molecule has 14 heavy (non-hydrogen) atoms. The second-order valence-electron chi connectivity index (χ2n) is 2.43. The molecule has 1 aromatic rings. The topological polar surface area (TPSA) is 29.1 Å². The minimum absolute atomic E-state index is 0.207. The van der Waals surface area contributed by atoms with E-state index in [1.165, 1.54) is 0 Å². The number of anilines is 1. The Hall–Kier alpha value is 0.860. The first-order valence-electron chi connectivity index (χ1n) is 3.54. The van der Waals surface area contributed by atoms with Crippen LogP contribution in [0.4, 0.5) is 5.69 Å². The van der Waals surface area contributed by atoms with Crippen LogP contribution in [0.25, 0.3) is 0 Å². The molecular formula is C8H5Br3INO. The Balaban J connectivity index is 2.80. The van der Waals surface area contributed by atoms with E-state index in [0.717, 1.165) is 9.26 Å². The number of nitrogens with one attached hydrogen (secondary N) is 1. The summed E-state index contributed by atoms with van der Waals surface area (Å²) in [4.78, 5) is 11.5. The molecule has 0 saturated carbocycles. The van der Waals surface area contributed by atoms with Gasteiger partial charge < -0.3 is 5.32 Å². The summed E-state index contributed by atoms with van der Waals surface area (Å²) in [6, 6.07) is 7.56. The zero-order chi connectivity index (χ0) is 10.8. The Bertz CT molecular complexity index is 351. The van der Waals surface area contributed by atoms with E-state index >= 15 is 0 Å². The van der Waals surface area contributed by atoms with Crippen molar-refractivity contribution in [3.63, 3.8) is 0 Å². The lowest BCUT2D eigenvalue weighted by molar-refractivity contribution is -0.114. The van der Waals surface area contributed by atoms with Crippen LogP contribution >= 0.6 is 70.4 Å². The molecule has 76 valence electrons. The number of para-hydroxylation sites is 1. The van der Waals surface area contributed by atoms with Gasteiger partial charge in [-0.3, -0.25) is 4.79 Å². The second-order valence-corrected chi connectivity index (χ2v) is 10.4. The molecule has 0 atom stereocenters. The van der Waals surface area contributed by atoms with E-state index in [4.69, 9.17) is 0 Å². The van der Waals surface area contributed by atoms with Gasteiger partial charge in [0.2, 0.25) is 2.14 Å². The summed E-state index contributed by atoms with van der Waals surface area (Å²) in [6.07, 6.45) is 0. The van der Waals surface area contributed by atoms with E-state index in [2.05, 4.69) is 75.7 Å². The average Bonchev–Trinajstić information content (AvgIpc) is 2.07. The van der Waals surface area contributed by atoms with Gasteiger partial charge in [-0.15, -0.1) is 0 Å². The van der Waals surface area contributed by atoms with Crippen LogP contribution in [-0.4, -0.2) is 8.05 Å². The molecule has 0 saturated heterocycles. The summed E-state index contributed by atoms with van der Waals surface area (Å²) >= 11 is 11.6. The molecule has 0 bridgehead atoms. The van der Waals surface area contributed by atoms with Gasteiger partial charge in [0.1, 0.15) is 0 Å². The Morgan fingerprint density at radius 3 is 2.36 bits per heavy atom. The number of halogens is 4. The van der Waals surface area contributed by atoms with Crippen molar-refractivity contribution in [3.8, 4) is 0 Å². The fourth-order valence-electron chi connectivity index (χ4n) is 0.756. The molecule has 0 fully saturated rings. The van der Waals surface area contributed by atoms with Crippen molar-refractivity contribution in [1.82, 2.24) is 0 Å². The monoisotopic (exact) mass is 495 g/mol. The number of carbonyl (C=O) groups is 1. The molecule has 0 heterocycles. The highest BCUT2D eigenvalue weighted by Crippen LogP contribution is 2.35. The maximum absolute atomic E-state index is 11.5. The smallest absolute Gasteiger partial charge is 0.263 e. The van der Waals surface area contributed by atoms with Crippen LogP contribution in [0, 0.1) is 3.57 Å². The van der Waals surface area contributed by atoms with Gasteiger partial charge in [0.05, 0.1) is 5.69 Å². The van der Waals surface area contributed by atoms with Gasteiger partial charge in [0.25, 0.3) is 5.91 Å². The molecule has 0 aromatic heterocycles. The molecule has 0 unspecified atom stereocenters. The third-order valence-corrected chi connectivity index (χ3v) is 3.40. The number of hydrogen-bond acceptors (Lipinski definition) is 1. The van der Waals surface area contributed by atoms with E-state index in [-0.39, 0.29) is 5.91 Å².